The molecule has 1 N–H and O–H groups in total. The van der Waals surface area contributed by atoms with Crippen molar-refractivity contribution in [3.8, 4) is 5.75 Å². The maximum Gasteiger partial charge on any atom is 0.119 e. The Balaban J connectivity index is 2.01. The van der Waals surface area contributed by atoms with Gasteiger partial charge in [0.2, 0.25) is 0 Å². The van der Waals surface area contributed by atoms with Crippen LogP contribution in [-0.2, 0) is 0 Å². The molecular formula is C20H27NO. The Labute approximate surface area is 134 Å². The summed E-state index contributed by atoms with van der Waals surface area (Å²) in [6, 6.07) is 12.7. The highest BCUT2D eigenvalue weighted by Crippen LogP contribution is 2.22. The minimum Gasteiger partial charge on any atom is -0.489 e. The highest BCUT2D eigenvalue weighted by molar-refractivity contribution is 5.58. The van der Waals surface area contributed by atoms with Crippen LogP contribution in [0.3, 0.4) is 0 Å². The van der Waals surface area contributed by atoms with Crippen LogP contribution in [0.1, 0.15) is 35.6 Å². The molecule has 0 spiro atoms. The molecule has 0 aliphatic heterocycles. The summed E-state index contributed by atoms with van der Waals surface area (Å²) in [7, 11) is 0. The van der Waals surface area contributed by atoms with E-state index in [2.05, 4.69) is 64.2 Å². The van der Waals surface area contributed by atoms with Crippen LogP contribution in [-0.4, -0.2) is 12.6 Å². The van der Waals surface area contributed by atoms with Gasteiger partial charge in [-0.25, -0.2) is 0 Å². The van der Waals surface area contributed by atoms with E-state index in [0.29, 0.717) is 0 Å². The second kappa shape index (κ2) is 7.35. The molecule has 0 aliphatic rings. The van der Waals surface area contributed by atoms with Crippen LogP contribution in [0.5, 0.6) is 5.75 Å². The minimum absolute atomic E-state index is 0.169. The molecule has 0 aliphatic carbocycles. The van der Waals surface area contributed by atoms with E-state index in [1.54, 1.807) is 0 Å². The number of benzene rings is 2. The number of nitrogens with one attached hydrogen (secondary N) is 1. The summed E-state index contributed by atoms with van der Waals surface area (Å²) in [5.41, 5.74) is 6.38. The average molecular weight is 297 g/mol. The number of hydrogen-bond acceptors (Lipinski definition) is 2. The van der Waals surface area contributed by atoms with Gasteiger partial charge in [0.15, 0.2) is 0 Å². The summed E-state index contributed by atoms with van der Waals surface area (Å²) in [6.07, 6.45) is 1.15. The lowest BCUT2D eigenvalue weighted by molar-refractivity contribution is 0.210. The highest BCUT2D eigenvalue weighted by Gasteiger charge is 2.10. The Kier molecular flexibility index (Phi) is 5.48. The van der Waals surface area contributed by atoms with Crippen molar-refractivity contribution >= 4 is 5.69 Å². The van der Waals surface area contributed by atoms with E-state index in [0.717, 1.165) is 18.7 Å². The van der Waals surface area contributed by atoms with Gasteiger partial charge in [-0.1, -0.05) is 42.3 Å². The zero-order valence-electron chi connectivity index (χ0n) is 14.4. The molecule has 0 amide bonds. The van der Waals surface area contributed by atoms with Gasteiger partial charge in [-0.3, -0.25) is 0 Å². The number of aryl methyl sites for hydroxylation is 4. The number of anilines is 1. The Morgan fingerprint density at radius 1 is 0.909 bits per heavy atom. The second-order valence-corrected chi connectivity index (χ2v) is 6.12. The van der Waals surface area contributed by atoms with Crippen molar-refractivity contribution in [3.05, 3.63) is 58.7 Å². The van der Waals surface area contributed by atoms with E-state index in [1.807, 2.05) is 12.1 Å². The Morgan fingerprint density at radius 3 is 2.05 bits per heavy atom. The Morgan fingerprint density at radius 2 is 1.50 bits per heavy atom. The third-order valence-electron chi connectivity index (χ3n) is 3.96. The average Bonchev–Trinajstić information content (AvgIpc) is 2.47. The zero-order valence-corrected chi connectivity index (χ0v) is 14.4. The fourth-order valence-corrected chi connectivity index (χ4v) is 2.75. The first-order valence-corrected chi connectivity index (χ1v) is 8.04. The molecule has 22 heavy (non-hydrogen) atoms. The molecule has 0 aromatic heterocycles. The van der Waals surface area contributed by atoms with Gasteiger partial charge < -0.3 is 10.1 Å². The summed E-state index contributed by atoms with van der Waals surface area (Å²) in [5.74, 6) is 0.941. The minimum atomic E-state index is 0.169. The fourth-order valence-electron chi connectivity index (χ4n) is 2.75. The van der Waals surface area contributed by atoms with Crippen molar-refractivity contribution in [2.24, 2.45) is 0 Å². The molecule has 2 aromatic rings. The number of ether oxygens (including phenoxy) is 1. The summed E-state index contributed by atoms with van der Waals surface area (Å²) in [5, 5.41) is 3.57. The SMILES string of the molecule is CCC(CNc1c(C)cc(C)cc1C)Oc1ccc(C)cc1. The van der Waals surface area contributed by atoms with E-state index in [4.69, 9.17) is 4.74 Å². The van der Waals surface area contributed by atoms with Gasteiger partial charge in [0.1, 0.15) is 11.9 Å². The van der Waals surface area contributed by atoms with E-state index >= 15 is 0 Å². The van der Waals surface area contributed by atoms with Crippen LogP contribution in [0.25, 0.3) is 0 Å². The molecule has 2 heteroatoms. The van der Waals surface area contributed by atoms with E-state index in [1.165, 1.54) is 27.9 Å². The van der Waals surface area contributed by atoms with Crippen molar-refractivity contribution in [2.45, 2.75) is 47.1 Å². The molecule has 0 bridgehead atoms. The first-order chi connectivity index (χ1) is 10.5. The van der Waals surface area contributed by atoms with Crippen LogP contribution in [0.15, 0.2) is 36.4 Å². The lowest BCUT2D eigenvalue weighted by Crippen LogP contribution is -2.26. The molecule has 2 rings (SSSR count). The molecule has 1 atom stereocenters. The molecule has 0 radical (unpaired) electrons. The quantitative estimate of drug-likeness (QED) is 0.792. The lowest BCUT2D eigenvalue weighted by Gasteiger charge is -2.21. The summed E-state index contributed by atoms with van der Waals surface area (Å²) in [4.78, 5) is 0. The molecular weight excluding hydrogens is 270 g/mol. The molecule has 2 nitrogen and oxygen atoms in total. The highest BCUT2D eigenvalue weighted by atomic mass is 16.5. The largest absolute Gasteiger partial charge is 0.489 e. The van der Waals surface area contributed by atoms with Crippen molar-refractivity contribution < 1.29 is 4.74 Å². The van der Waals surface area contributed by atoms with Gasteiger partial charge in [-0.2, -0.15) is 0 Å². The van der Waals surface area contributed by atoms with Crippen molar-refractivity contribution in [1.82, 2.24) is 0 Å². The first kappa shape index (κ1) is 16.4. The maximum absolute atomic E-state index is 6.08. The first-order valence-electron chi connectivity index (χ1n) is 8.04. The fraction of sp³-hybridized carbons (Fsp3) is 0.400. The van der Waals surface area contributed by atoms with Gasteiger partial charge in [-0.05, 0) is 57.4 Å². The molecule has 0 saturated heterocycles. The molecule has 2 aromatic carbocycles. The van der Waals surface area contributed by atoms with Gasteiger partial charge in [0.25, 0.3) is 0 Å². The third-order valence-corrected chi connectivity index (χ3v) is 3.96. The molecule has 1 unspecified atom stereocenters. The Bertz CT molecular complexity index is 593. The van der Waals surface area contributed by atoms with Crippen LogP contribution in [0, 0.1) is 27.7 Å². The lowest BCUT2D eigenvalue weighted by atomic mass is 10.0. The maximum atomic E-state index is 6.08. The van der Waals surface area contributed by atoms with Crippen LogP contribution >= 0.6 is 0 Å². The molecule has 0 heterocycles. The van der Waals surface area contributed by atoms with Crippen LogP contribution in [0.4, 0.5) is 5.69 Å². The number of hydrogen-bond donors (Lipinski definition) is 1. The predicted molar refractivity (Wildman–Crippen MR) is 95.0 cm³/mol. The zero-order chi connectivity index (χ0) is 16.1. The van der Waals surface area contributed by atoms with E-state index in [9.17, 15) is 0 Å². The van der Waals surface area contributed by atoms with Gasteiger partial charge in [0.05, 0.1) is 6.54 Å². The van der Waals surface area contributed by atoms with Crippen LogP contribution < -0.4 is 10.1 Å². The summed E-state index contributed by atoms with van der Waals surface area (Å²) in [6.45, 7) is 11.5. The van der Waals surface area contributed by atoms with Gasteiger partial charge >= 0.3 is 0 Å². The van der Waals surface area contributed by atoms with Crippen molar-refractivity contribution in [3.63, 3.8) is 0 Å². The van der Waals surface area contributed by atoms with E-state index in [-0.39, 0.29) is 6.10 Å². The van der Waals surface area contributed by atoms with Crippen molar-refractivity contribution in [1.29, 1.82) is 0 Å². The monoisotopic (exact) mass is 297 g/mol. The van der Waals surface area contributed by atoms with E-state index < -0.39 is 0 Å². The Hall–Kier alpha value is -1.96. The van der Waals surface area contributed by atoms with Gasteiger partial charge in [-0.15, -0.1) is 0 Å². The standard InChI is InChI=1S/C20H27NO/c1-6-18(22-19-9-7-14(2)8-10-19)13-21-20-16(4)11-15(3)12-17(20)5/h7-12,18,21H,6,13H2,1-5H3. The van der Waals surface area contributed by atoms with Crippen molar-refractivity contribution in [2.75, 3.05) is 11.9 Å². The van der Waals surface area contributed by atoms with Crippen LogP contribution in [0.2, 0.25) is 0 Å². The second-order valence-electron chi connectivity index (χ2n) is 6.12. The number of rotatable bonds is 6. The van der Waals surface area contributed by atoms with Gasteiger partial charge in [0, 0.05) is 5.69 Å². The molecule has 118 valence electrons. The molecule has 0 fully saturated rings. The smallest absolute Gasteiger partial charge is 0.119 e. The molecule has 0 saturated carbocycles. The summed E-state index contributed by atoms with van der Waals surface area (Å²) >= 11 is 0. The normalized spacial score (nSPS) is 12.0. The third kappa shape index (κ3) is 4.27. The topological polar surface area (TPSA) is 21.3 Å². The predicted octanol–water partition coefficient (Wildman–Crippen LogP) is 5.19. The summed E-state index contributed by atoms with van der Waals surface area (Å²) < 4.78 is 6.08.